The van der Waals surface area contributed by atoms with E-state index < -0.39 is 0 Å². The summed E-state index contributed by atoms with van der Waals surface area (Å²) in [6, 6.07) is 13.9. The first-order valence-electron chi connectivity index (χ1n) is 10.7. The highest BCUT2D eigenvalue weighted by Gasteiger charge is 2.23. The second-order valence-electron chi connectivity index (χ2n) is 7.81. The molecular weight excluding hydrogens is 378 g/mol. The number of carbonyl (C=O) groups is 2. The van der Waals surface area contributed by atoms with Gasteiger partial charge in [-0.3, -0.25) is 9.59 Å². The SMILES string of the molecule is CCOCCCN(CC(=O)N(Cc1ccccc1)Cc1cccn1C)C(=O)C(C)C. The maximum absolute atomic E-state index is 13.3. The predicted molar refractivity (Wildman–Crippen MR) is 119 cm³/mol. The van der Waals surface area contributed by atoms with E-state index in [1.54, 1.807) is 4.90 Å². The highest BCUT2D eigenvalue weighted by atomic mass is 16.5. The van der Waals surface area contributed by atoms with Crippen LogP contribution in [-0.2, 0) is 34.5 Å². The second kappa shape index (κ2) is 12.2. The smallest absolute Gasteiger partial charge is 0.242 e. The summed E-state index contributed by atoms with van der Waals surface area (Å²) in [7, 11) is 1.98. The van der Waals surface area contributed by atoms with Gasteiger partial charge in [0.05, 0.1) is 13.1 Å². The Hall–Kier alpha value is -2.60. The molecule has 30 heavy (non-hydrogen) atoms. The molecule has 0 spiro atoms. The van der Waals surface area contributed by atoms with Crippen molar-refractivity contribution >= 4 is 11.8 Å². The molecule has 0 radical (unpaired) electrons. The van der Waals surface area contributed by atoms with Crippen LogP contribution in [0.2, 0.25) is 0 Å². The molecule has 0 saturated carbocycles. The highest BCUT2D eigenvalue weighted by molar-refractivity contribution is 5.85. The van der Waals surface area contributed by atoms with Crippen molar-refractivity contribution in [2.75, 3.05) is 26.3 Å². The van der Waals surface area contributed by atoms with Crippen LogP contribution in [0.5, 0.6) is 0 Å². The number of hydrogen-bond acceptors (Lipinski definition) is 3. The van der Waals surface area contributed by atoms with Gasteiger partial charge in [0.1, 0.15) is 0 Å². The Bertz CT molecular complexity index is 786. The number of nitrogens with zero attached hydrogens (tertiary/aromatic N) is 3. The predicted octanol–water partition coefficient (Wildman–Crippen LogP) is 3.47. The minimum Gasteiger partial charge on any atom is -0.382 e. The first-order valence-corrected chi connectivity index (χ1v) is 10.7. The molecule has 1 heterocycles. The molecule has 0 unspecified atom stereocenters. The number of hydrogen-bond donors (Lipinski definition) is 0. The fourth-order valence-electron chi connectivity index (χ4n) is 3.29. The molecule has 1 aromatic carbocycles. The number of aryl methyl sites for hydroxylation is 1. The number of carbonyl (C=O) groups excluding carboxylic acids is 2. The fourth-order valence-corrected chi connectivity index (χ4v) is 3.29. The quantitative estimate of drug-likeness (QED) is 0.501. The molecule has 0 saturated heterocycles. The molecule has 6 heteroatoms. The monoisotopic (exact) mass is 413 g/mol. The van der Waals surface area contributed by atoms with Gasteiger partial charge in [0, 0.05) is 51.2 Å². The summed E-state index contributed by atoms with van der Waals surface area (Å²) in [6.07, 6.45) is 2.69. The lowest BCUT2D eigenvalue weighted by Crippen LogP contribution is -2.44. The van der Waals surface area contributed by atoms with E-state index in [9.17, 15) is 9.59 Å². The molecule has 1 aromatic heterocycles. The van der Waals surface area contributed by atoms with E-state index in [4.69, 9.17) is 4.74 Å². The molecule has 0 N–H and O–H groups in total. The summed E-state index contributed by atoms with van der Waals surface area (Å²) in [5.41, 5.74) is 2.12. The van der Waals surface area contributed by atoms with Crippen molar-refractivity contribution < 1.29 is 14.3 Å². The van der Waals surface area contributed by atoms with Gasteiger partial charge in [-0.25, -0.2) is 0 Å². The van der Waals surface area contributed by atoms with Crippen LogP contribution in [0.15, 0.2) is 48.7 Å². The van der Waals surface area contributed by atoms with Gasteiger partial charge < -0.3 is 19.1 Å². The van der Waals surface area contributed by atoms with Crippen LogP contribution in [0.25, 0.3) is 0 Å². The van der Waals surface area contributed by atoms with Gasteiger partial charge >= 0.3 is 0 Å². The van der Waals surface area contributed by atoms with Crippen molar-refractivity contribution in [3.63, 3.8) is 0 Å². The summed E-state index contributed by atoms with van der Waals surface area (Å²) >= 11 is 0. The van der Waals surface area contributed by atoms with Crippen LogP contribution in [0.4, 0.5) is 0 Å². The van der Waals surface area contributed by atoms with Gasteiger partial charge in [0.15, 0.2) is 0 Å². The third-order valence-electron chi connectivity index (χ3n) is 5.03. The number of ether oxygens (including phenoxy) is 1. The van der Waals surface area contributed by atoms with Crippen LogP contribution in [0.3, 0.4) is 0 Å². The van der Waals surface area contributed by atoms with E-state index in [1.165, 1.54) is 0 Å². The molecule has 2 amide bonds. The number of rotatable bonds is 12. The van der Waals surface area contributed by atoms with E-state index in [2.05, 4.69) is 0 Å². The summed E-state index contributed by atoms with van der Waals surface area (Å²) in [5.74, 6) is -0.204. The van der Waals surface area contributed by atoms with Gasteiger partial charge in [0.2, 0.25) is 11.8 Å². The lowest BCUT2D eigenvalue weighted by molar-refractivity contribution is -0.143. The average Bonchev–Trinajstić information content (AvgIpc) is 3.14. The Labute approximate surface area is 180 Å². The molecule has 0 aliphatic carbocycles. The molecule has 0 bridgehead atoms. The van der Waals surface area contributed by atoms with Crippen LogP contribution in [-0.4, -0.2) is 52.5 Å². The zero-order chi connectivity index (χ0) is 21.9. The Balaban J connectivity index is 2.14. The molecule has 0 aliphatic heterocycles. The fraction of sp³-hybridized carbons (Fsp3) is 0.500. The maximum Gasteiger partial charge on any atom is 0.242 e. The summed E-state index contributed by atoms with van der Waals surface area (Å²) in [5, 5.41) is 0. The van der Waals surface area contributed by atoms with Gasteiger partial charge in [-0.1, -0.05) is 44.2 Å². The first-order chi connectivity index (χ1) is 14.4. The van der Waals surface area contributed by atoms with Crippen molar-refractivity contribution in [1.82, 2.24) is 14.4 Å². The van der Waals surface area contributed by atoms with E-state index in [0.29, 0.717) is 32.8 Å². The first kappa shape index (κ1) is 23.7. The zero-order valence-corrected chi connectivity index (χ0v) is 18.7. The van der Waals surface area contributed by atoms with E-state index in [-0.39, 0.29) is 24.3 Å². The summed E-state index contributed by atoms with van der Waals surface area (Å²) < 4.78 is 7.42. The van der Waals surface area contributed by atoms with Gasteiger partial charge in [-0.2, -0.15) is 0 Å². The molecular formula is C24H35N3O3. The van der Waals surface area contributed by atoms with Crippen LogP contribution >= 0.6 is 0 Å². The highest BCUT2D eigenvalue weighted by Crippen LogP contribution is 2.12. The largest absolute Gasteiger partial charge is 0.382 e. The lowest BCUT2D eigenvalue weighted by atomic mass is 10.1. The van der Waals surface area contributed by atoms with Gasteiger partial charge in [-0.15, -0.1) is 0 Å². The molecule has 0 atom stereocenters. The molecule has 0 fully saturated rings. The van der Waals surface area contributed by atoms with Gasteiger partial charge in [0.25, 0.3) is 0 Å². The van der Waals surface area contributed by atoms with Gasteiger partial charge in [-0.05, 0) is 31.0 Å². The van der Waals surface area contributed by atoms with Crippen molar-refractivity contribution in [3.8, 4) is 0 Å². The van der Waals surface area contributed by atoms with Crippen LogP contribution in [0, 0.1) is 5.92 Å². The standard InChI is InChI=1S/C24H35N3O3/c1-5-30-16-10-15-26(24(29)20(2)3)19-23(28)27(17-21-11-7-6-8-12-21)18-22-13-9-14-25(22)4/h6-9,11-14,20H,5,10,15-19H2,1-4H3. The third kappa shape index (κ3) is 7.34. The van der Waals surface area contributed by atoms with Crippen LogP contribution < -0.4 is 0 Å². The van der Waals surface area contributed by atoms with Crippen LogP contribution in [0.1, 0.15) is 38.4 Å². The van der Waals surface area contributed by atoms with Crippen molar-refractivity contribution in [2.24, 2.45) is 13.0 Å². The molecule has 2 rings (SSSR count). The Morgan fingerprint density at radius 3 is 2.37 bits per heavy atom. The van der Waals surface area contributed by atoms with Crippen molar-refractivity contribution in [2.45, 2.75) is 40.3 Å². The minimum atomic E-state index is -0.152. The summed E-state index contributed by atoms with van der Waals surface area (Å²) in [6.45, 7) is 8.54. The van der Waals surface area contributed by atoms with E-state index >= 15 is 0 Å². The third-order valence-corrected chi connectivity index (χ3v) is 5.03. The normalized spacial score (nSPS) is 11.0. The van der Waals surface area contributed by atoms with Crippen molar-refractivity contribution in [3.05, 3.63) is 59.9 Å². The lowest BCUT2D eigenvalue weighted by Gasteiger charge is -2.29. The Kier molecular flexibility index (Phi) is 9.61. The van der Waals surface area contributed by atoms with E-state index in [0.717, 1.165) is 17.7 Å². The zero-order valence-electron chi connectivity index (χ0n) is 18.7. The van der Waals surface area contributed by atoms with E-state index in [1.807, 2.05) is 85.9 Å². The second-order valence-corrected chi connectivity index (χ2v) is 7.81. The number of amides is 2. The number of benzene rings is 1. The summed E-state index contributed by atoms with van der Waals surface area (Å²) in [4.78, 5) is 29.5. The molecule has 2 aromatic rings. The number of aromatic nitrogens is 1. The average molecular weight is 414 g/mol. The minimum absolute atomic E-state index is 0.00150. The topological polar surface area (TPSA) is 54.8 Å². The Morgan fingerprint density at radius 2 is 1.77 bits per heavy atom. The maximum atomic E-state index is 13.3. The Morgan fingerprint density at radius 1 is 1.03 bits per heavy atom. The molecule has 6 nitrogen and oxygen atoms in total. The molecule has 164 valence electrons. The van der Waals surface area contributed by atoms with Crippen molar-refractivity contribution in [1.29, 1.82) is 0 Å². The molecule has 0 aliphatic rings.